The molecule has 1 aromatic rings. The van der Waals surface area contributed by atoms with Crippen LogP contribution in [0.5, 0.6) is 5.75 Å². The zero-order valence-electron chi connectivity index (χ0n) is 12.1. The van der Waals surface area contributed by atoms with Gasteiger partial charge in [0.15, 0.2) is 6.61 Å². The first-order chi connectivity index (χ1) is 10.2. The summed E-state index contributed by atoms with van der Waals surface area (Å²) in [6.07, 6.45) is 0.933. The number of hydrogen-bond donors (Lipinski definition) is 2. The summed E-state index contributed by atoms with van der Waals surface area (Å²) in [5.74, 6) is 0.0201. The summed E-state index contributed by atoms with van der Waals surface area (Å²) < 4.78 is 18.0. The molecule has 1 amide bonds. The summed E-state index contributed by atoms with van der Waals surface area (Å²) >= 11 is 0. The third-order valence-corrected chi connectivity index (χ3v) is 3.37. The van der Waals surface area contributed by atoms with Crippen molar-refractivity contribution in [2.75, 3.05) is 45.9 Å². The summed E-state index contributed by atoms with van der Waals surface area (Å²) in [6.45, 7) is 5.83. The molecule has 0 atom stereocenters. The minimum absolute atomic E-state index is 0.0424. The highest BCUT2D eigenvalue weighted by Crippen LogP contribution is 2.10. The summed E-state index contributed by atoms with van der Waals surface area (Å²) in [5, 5.41) is 6.13. The number of piperazine rings is 1. The number of carbonyl (C=O) groups excluding carboxylic acids is 1. The largest absolute Gasteiger partial charge is 0.484 e. The van der Waals surface area contributed by atoms with Crippen LogP contribution in [-0.2, 0) is 4.79 Å². The number of carbonyl (C=O) groups is 1. The average Bonchev–Trinajstić information content (AvgIpc) is 2.52. The fraction of sp³-hybridized carbons (Fsp3) is 0.533. The molecule has 5 nitrogen and oxygen atoms in total. The number of benzene rings is 1. The Hall–Kier alpha value is -1.66. The van der Waals surface area contributed by atoms with E-state index in [0.29, 0.717) is 12.3 Å². The summed E-state index contributed by atoms with van der Waals surface area (Å²) in [6, 6.07) is 5.63. The van der Waals surface area contributed by atoms with Gasteiger partial charge in [0, 0.05) is 32.7 Å². The van der Waals surface area contributed by atoms with Crippen LogP contribution in [0.15, 0.2) is 24.3 Å². The number of amides is 1. The molecule has 1 heterocycles. The maximum Gasteiger partial charge on any atom is 0.257 e. The predicted molar refractivity (Wildman–Crippen MR) is 78.8 cm³/mol. The Balaban J connectivity index is 1.54. The molecule has 1 saturated heterocycles. The van der Waals surface area contributed by atoms with Gasteiger partial charge in [-0.3, -0.25) is 4.79 Å². The van der Waals surface area contributed by atoms with E-state index in [1.54, 1.807) is 0 Å². The molecule has 0 saturated carbocycles. The number of rotatable bonds is 7. The van der Waals surface area contributed by atoms with Crippen LogP contribution in [0, 0.1) is 5.82 Å². The van der Waals surface area contributed by atoms with Crippen molar-refractivity contribution in [1.29, 1.82) is 0 Å². The molecule has 1 fully saturated rings. The van der Waals surface area contributed by atoms with Crippen LogP contribution in [-0.4, -0.2) is 56.7 Å². The fourth-order valence-corrected chi connectivity index (χ4v) is 2.20. The zero-order valence-corrected chi connectivity index (χ0v) is 12.1. The maximum atomic E-state index is 12.7. The Morgan fingerprint density at radius 3 is 2.71 bits per heavy atom. The number of nitrogens with zero attached hydrogens (tertiary/aromatic N) is 1. The molecule has 1 aromatic carbocycles. The Morgan fingerprint density at radius 2 is 2.00 bits per heavy atom. The van der Waals surface area contributed by atoms with Gasteiger partial charge in [-0.1, -0.05) is 0 Å². The van der Waals surface area contributed by atoms with E-state index < -0.39 is 0 Å². The van der Waals surface area contributed by atoms with Crippen molar-refractivity contribution >= 4 is 5.91 Å². The molecule has 1 aliphatic rings. The third-order valence-electron chi connectivity index (χ3n) is 3.37. The number of halogens is 1. The van der Waals surface area contributed by atoms with Gasteiger partial charge in [0.25, 0.3) is 5.91 Å². The highest BCUT2D eigenvalue weighted by molar-refractivity contribution is 5.77. The van der Waals surface area contributed by atoms with Crippen molar-refractivity contribution in [3.05, 3.63) is 30.1 Å². The molecule has 6 heteroatoms. The number of ether oxygens (including phenoxy) is 1. The lowest BCUT2D eigenvalue weighted by Gasteiger charge is -2.27. The molecule has 2 rings (SSSR count). The molecule has 2 N–H and O–H groups in total. The van der Waals surface area contributed by atoms with E-state index in [0.717, 1.165) is 39.1 Å². The molecule has 0 radical (unpaired) electrons. The van der Waals surface area contributed by atoms with Gasteiger partial charge in [0.2, 0.25) is 0 Å². The molecule has 21 heavy (non-hydrogen) atoms. The summed E-state index contributed by atoms with van der Waals surface area (Å²) in [7, 11) is 0. The summed E-state index contributed by atoms with van der Waals surface area (Å²) in [4.78, 5) is 14.0. The van der Waals surface area contributed by atoms with E-state index >= 15 is 0 Å². The molecular formula is C15H22FN3O2. The van der Waals surface area contributed by atoms with Crippen LogP contribution in [0.3, 0.4) is 0 Å². The molecule has 116 valence electrons. The Labute approximate surface area is 124 Å². The van der Waals surface area contributed by atoms with E-state index in [2.05, 4.69) is 15.5 Å². The molecule has 1 aliphatic heterocycles. The second-order valence-electron chi connectivity index (χ2n) is 5.04. The quantitative estimate of drug-likeness (QED) is 0.724. The SMILES string of the molecule is O=C(COc1ccc(F)cc1)NCCCN1CCNCC1. The fourth-order valence-electron chi connectivity index (χ4n) is 2.20. The van der Waals surface area contributed by atoms with Gasteiger partial charge in [0.05, 0.1) is 0 Å². The number of nitrogens with one attached hydrogen (secondary N) is 2. The highest BCUT2D eigenvalue weighted by Gasteiger charge is 2.08. The van der Waals surface area contributed by atoms with Crippen LogP contribution in [0.1, 0.15) is 6.42 Å². The van der Waals surface area contributed by atoms with E-state index in [-0.39, 0.29) is 18.3 Å². The van der Waals surface area contributed by atoms with E-state index in [4.69, 9.17) is 4.74 Å². The van der Waals surface area contributed by atoms with Gasteiger partial charge < -0.3 is 20.3 Å². The van der Waals surface area contributed by atoms with Gasteiger partial charge in [-0.25, -0.2) is 4.39 Å². The van der Waals surface area contributed by atoms with E-state index in [9.17, 15) is 9.18 Å². The topological polar surface area (TPSA) is 53.6 Å². The lowest BCUT2D eigenvalue weighted by molar-refractivity contribution is -0.123. The van der Waals surface area contributed by atoms with Crippen molar-refractivity contribution in [2.24, 2.45) is 0 Å². The Bertz CT molecular complexity index is 433. The summed E-state index contributed by atoms with van der Waals surface area (Å²) in [5.41, 5.74) is 0. The van der Waals surface area contributed by atoms with Gasteiger partial charge >= 0.3 is 0 Å². The van der Waals surface area contributed by atoms with Crippen LogP contribution in [0.2, 0.25) is 0 Å². The average molecular weight is 295 g/mol. The third kappa shape index (κ3) is 6.10. The molecule has 0 aliphatic carbocycles. The molecule has 0 bridgehead atoms. The monoisotopic (exact) mass is 295 g/mol. The van der Waals surface area contributed by atoms with Crippen molar-refractivity contribution in [1.82, 2.24) is 15.5 Å². The van der Waals surface area contributed by atoms with Crippen molar-refractivity contribution in [3.8, 4) is 5.75 Å². The highest BCUT2D eigenvalue weighted by atomic mass is 19.1. The minimum atomic E-state index is -0.320. The van der Waals surface area contributed by atoms with Crippen molar-refractivity contribution in [2.45, 2.75) is 6.42 Å². The van der Waals surface area contributed by atoms with Crippen LogP contribution >= 0.6 is 0 Å². The smallest absolute Gasteiger partial charge is 0.257 e. The lowest BCUT2D eigenvalue weighted by atomic mass is 10.3. The first-order valence-corrected chi connectivity index (χ1v) is 7.32. The van der Waals surface area contributed by atoms with Crippen molar-refractivity contribution in [3.63, 3.8) is 0 Å². The van der Waals surface area contributed by atoms with Crippen LogP contribution in [0.4, 0.5) is 4.39 Å². The lowest BCUT2D eigenvalue weighted by Crippen LogP contribution is -2.44. The number of hydrogen-bond acceptors (Lipinski definition) is 4. The van der Waals surface area contributed by atoms with Gasteiger partial charge in [0.1, 0.15) is 11.6 Å². The Kier molecular flexibility index (Phi) is 6.43. The first kappa shape index (κ1) is 15.7. The standard InChI is InChI=1S/C15H22FN3O2/c16-13-2-4-14(5-3-13)21-12-15(20)18-6-1-9-19-10-7-17-8-11-19/h2-5,17H,1,6-12H2,(H,18,20). The van der Waals surface area contributed by atoms with Crippen LogP contribution in [0.25, 0.3) is 0 Å². The normalized spacial score (nSPS) is 15.7. The first-order valence-electron chi connectivity index (χ1n) is 7.32. The van der Waals surface area contributed by atoms with E-state index in [1.807, 2.05) is 0 Å². The van der Waals surface area contributed by atoms with Gasteiger partial charge in [-0.05, 0) is 37.2 Å². The molecule has 0 spiro atoms. The van der Waals surface area contributed by atoms with E-state index in [1.165, 1.54) is 24.3 Å². The Morgan fingerprint density at radius 1 is 1.29 bits per heavy atom. The van der Waals surface area contributed by atoms with Crippen molar-refractivity contribution < 1.29 is 13.9 Å². The minimum Gasteiger partial charge on any atom is -0.484 e. The second kappa shape index (κ2) is 8.59. The predicted octanol–water partition coefficient (Wildman–Crippen LogP) is 0.616. The molecule has 0 aromatic heterocycles. The second-order valence-corrected chi connectivity index (χ2v) is 5.04. The molecular weight excluding hydrogens is 273 g/mol. The zero-order chi connectivity index (χ0) is 14.9. The molecule has 0 unspecified atom stereocenters. The van der Waals surface area contributed by atoms with Crippen LogP contribution < -0.4 is 15.4 Å². The van der Waals surface area contributed by atoms with Gasteiger partial charge in [-0.15, -0.1) is 0 Å². The maximum absolute atomic E-state index is 12.7. The van der Waals surface area contributed by atoms with Gasteiger partial charge in [-0.2, -0.15) is 0 Å².